The lowest BCUT2D eigenvalue weighted by Crippen LogP contribution is -2.46. The van der Waals surface area contributed by atoms with Gasteiger partial charge in [0.25, 0.3) is 0 Å². The number of nitrogens with zero attached hydrogens (tertiary/aromatic N) is 3. The molecule has 0 bridgehead atoms. The van der Waals surface area contributed by atoms with Crippen LogP contribution in [0.3, 0.4) is 0 Å². The molecule has 0 amide bonds. The van der Waals surface area contributed by atoms with Crippen LogP contribution in [-0.4, -0.2) is 56.7 Å². The summed E-state index contributed by atoms with van der Waals surface area (Å²) in [6, 6.07) is 19.1. The number of aromatic nitrogens is 1. The highest BCUT2D eigenvalue weighted by Crippen LogP contribution is 2.37. The fourth-order valence-electron chi connectivity index (χ4n) is 5.09. The van der Waals surface area contributed by atoms with Crippen LogP contribution >= 0.6 is 15.9 Å². The molecule has 0 aliphatic carbocycles. The number of hydrogen-bond acceptors (Lipinski definition) is 7. The lowest BCUT2D eigenvalue weighted by Gasteiger charge is -2.37. The second kappa shape index (κ2) is 14.2. The van der Waals surface area contributed by atoms with Gasteiger partial charge < -0.3 is 19.1 Å². The summed E-state index contributed by atoms with van der Waals surface area (Å²) in [5.74, 6) is 2.26. The first-order valence-electron chi connectivity index (χ1n) is 14.5. The van der Waals surface area contributed by atoms with E-state index in [1.807, 2.05) is 74.5 Å². The molecule has 3 aromatic rings. The predicted molar refractivity (Wildman–Crippen MR) is 171 cm³/mol. The molecule has 42 heavy (non-hydrogen) atoms. The third-order valence-electron chi connectivity index (χ3n) is 7.64. The van der Waals surface area contributed by atoms with E-state index in [9.17, 15) is 8.42 Å². The van der Waals surface area contributed by atoms with Crippen molar-refractivity contribution in [2.24, 2.45) is 0 Å². The minimum absolute atomic E-state index is 0.184. The van der Waals surface area contributed by atoms with Crippen molar-refractivity contribution in [1.29, 1.82) is 0 Å². The highest BCUT2D eigenvalue weighted by molar-refractivity contribution is 9.10. The number of sulfonamides is 1. The van der Waals surface area contributed by atoms with Crippen molar-refractivity contribution in [3.63, 3.8) is 0 Å². The van der Waals surface area contributed by atoms with E-state index in [-0.39, 0.29) is 19.1 Å². The maximum Gasteiger partial charge on any atom is 0.224 e. The van der Waals surface area contributed by atoms with Crippen LogP contribution in [0.4, 0.5) is 5.82 Å². The number of hydrogen-bond donors (Lipinski definition) is 0. The first kappa shape index (κ1) is 32.3. The van der Waals surface area contributed by atoms with Gasteiger partial charge in [0.15, 0.2) is 0 Å². The van der Waals surface area contributed by atoms with Gasteiger partial charge in [-0.15, -0.1) is 0 Å². The van der Waals surface area contributed by atoms with Gasteiger partial charge in [-0.3, -0.25) is 0 Å². The molecular weight excluding hydrogens is 618 g/mol. The molecule has 1 atom stereocenters. The molecule has 0 N–H and O–H groups in total. The van der Waals surface area contributed by atoms with Gasteiger partial charge in [0.2, 0.25) is 10.0 Å². The van der Waals surface area contributed by atoms with Crippen molar-refractivity contribution in [1.82, 2.24) is 9.29 Å². The van der Waals surface area contributed by atoms with E-state index in [4.69, 9.17) is 19.2 Å². The zero-order valence-electron chi connectivity index (χ0n) is 25.2. The average molecular weight is 661 g/mol. The van der Waals surface area contributed by atoms with E-state index in [1.54, 1.807) is 18.2 Å². The SMILES string of the molecule is CCOc1ccc(CN(Cc2ccc(OCC)cc2)S(=O)(=O)C(C)(C)c2cc(Br)nc(N3CCOC[C@@H]3CC)c2)cc1. The Hall–Kier alpha value is -2.66. The highest BCUT2D eigenvalue weighted by atomic mass is 79.9. The fraction of sp³-hybridized carbons (Fsp3) is 0.469. The second-order valence-electron chi connectivity index (χ2n) is 10.8. The maximum atomic E-state index is 14.6. The minimum Gasteiger partial charge on any atom is -0.494 e. The third-order valence-corrected chi connectivity index (χ3v) is 10.5. The van der Waals surface area contributed by atoms with Crippen LogP contribution in [-0.2, 0) is 32.6 Å². The maximum absolute atomic E-state index is 14.6. The molecule has 1 aliphatic heterocycles. The van der Waals surface area contributed by atoms with E-state index in [0.29, 0.717) is 43.1 Å². The number of anilines is 1. The first-order valence-corrected chi connectivity index (χ1v) is 16.8. The Morgan fingerprint density at radius 1 is 0.952 bits per heavy atom. The van der Waals surface area contributed by atoms with E-state index in [0.717, 1.165) is 34.9 Å². The highest BCUT2D eigenvalue weighted by Gasteiger charge is 2.42. The molecule has 2 aromatic carbocycles. The zero-order valence-corrected chi connectivity index (χ0v) is 27.6. The van der Waals surface area contributed by atoms with Crippen molar-refractivity contribution in [3.8, 4) is 11.5 Å². The Balaban J connectivity index is 1.70. The Morgan fingerprint density at radius 3 is 2.00 bits per heavy atom. The molecule has 1 saturated heterocycles. The van der Waals surface area contributed by atoms with Crippen LogP contribution in [0.5, 0.6) is 11.5 Å². The number of rotatable bonds is 13. The zero-order chi connectivity index (χ0) is 30.3. The van der Waals surface area contributed by atoms with Gasteiger partial charge in [-0.25, -0.2) is 13.4 Å². The summed E-state index contributed by atoms with van der Waals surface area (Å²) in [6.45, 7) is 13.0. The van der Waals surface area contributed by atoms with Crippen molar-refractivity contribution < 1.29 is 22.6 Å². The molecule has 1 fully saturated rings. The van der Waals surface area contributed by atoms with Crippen molar-refractivity contribution >= 4 is 31.8 Å². The van der Waals surface area contributed by atoms with E-state index in [1.165, 1.54) is 0 Å². The molecule has 0 spiro atoms. The number of ether oxygens (including phenoxy) is 3. The van der Waals surface area contributed by atoms with E-state index in [2.05, 4.69) is 27.8 Å². The summed E-state index contributed by atoms with van der Waals surface area (Å²) in [5, 5.41) is 0. The van der Waals surface area contributed by atoms with Crippen LogP contribution in [0, 0.1) is 0 Å². The Bertz CT molecular complexity index is 1360. The summed E-state index contributed by atoms with van der Waals surface area (Å²) >= 11 is 3.56. The largest absolute Gasteiger partial charge is 0.494 e. The quantitative estimate of drug-likeness (QED) is 0.193. The minimum atomic E-state index is -3.90. The second-order valence-corrected chi connectivity index (χ2v) is 14.1. The van der Waals surface area contributed by atoms with Gasteiger partial charge in [0.05, 0.1) is 32.5 Å². The van der Waals surface area contributed by atoms with Gasteiger partial charge in [-0.1, -0.05) is 31.2 Å². The Labute approximate surface area is 259 Å². The van der Waals surface area contributed by atoms with Crippen LogP contribution < -0.4 is 14.4 Å². The molecule has 4 rings (SSSR count). The molecule has 8 nitrogen and oxygen atoms in total. The lowest BCUT2D eigenvalue weighted by atomic mass is 10.0. The Kier molecular flexibility index (Phi) is 10.9. The smallest absolute Gasteiger partial charge is 0.224 e. The van der Waals surface area contributed by atoms with Gasteiger partial charge in [-0.2, -0.15) is 4.31 Å². The number of halogens is 1. The van der Waals surface area contributed by atoms with Crippen LogP contribution in [0.15, 0.2) is 65.3 Å². The molecule has 10 heteroatoms. The number of benzene rings is 2. The molecule has 0 saturated carbocycles. The average Bonchev–Trinajstić information content (AvgIpc) is 2.98. The Morgan fingerprint density at radius 2 is 1.50 bits per heavy atom. The summed E-state index contributed by atoms with van der Waals surface area (Å²) in [5.41, 5.74) is 2.42. The molecule has 0 radical (unpaired) electrons. The first-order chi connectivity index (χ1) is 20.1. The van der Waals surface area contributed by atoms with Crippen molar-refractivity contribution in [2.75, 3.05) is 37.9 Å². The van der Waals surface area contributed by atoms with Gasteiger partial charge in [0.1, 0.15) is 26.7 Å². The van der Waals surface area contributed by atoms with Crippen molar-refractivity contribution in [3.05, 3.63) is 82.0 Å². The summed E-state index contributed by atoms with van der Waals surface area (Å²) in [6.07, 6.45) is 0.906. The topological polar surface area (TPSA) is 81.2 Å². The standard InChI is InChI=1S/C32H42BrN3O5S/c1-6-27-23-39-18-17-36(27)31-20-26(19-30(33)34-31)32(4,5)42(37,38)35(21-24-9-13-28(14-10-24)40-7-2)22-25-11-15-29(16-12-25)41-8-3/h9-16,19-20,27H,6-8,17-18,21-23H2,1-5H3/t27-/m0/s1. The molecular formula is C32H42BrN3O5S. The molecule has 2 heterocycles. The van der Waals surface area contributed by atoms with Crippen molar-refractivity contribution in [2.45, 2.75) is 64.9 Å². The summed E-state index contributed by atoms with van der Waals surface area (Å²) in [7, 11) is -3.90. The molecule has 1 aliphatic rings. The predicted octanol–water partition coefficient (Wildman–Crippen LogP) is 6.52. The normalized spacial score (nSPS) is 16.1. The van der Waals surface area contributed by atoms with Crippen LogP contribution in [0.2, 0.25) is 0 Å². The van der Waals surface area contributed by atoms with Gasteiger partial charge in [0, 0.05) is 19.6 Å². The van der Waals surface area contributed by atoms with Crippen LogP contribution in [0.25, 0.3) is 0 Å². The monoisotopic (exact) mass is 659 g/mol. The van der Waals surface area contributed by atoms with Gasteiger partial charge in [-0.05, 0) is 103 Å². The summed E-state index contributed by atoms with van der Waals surface area (Å²) in [4.78, 5) is 6.95. The summed E-state index contributed by atoms with van der Waals surface area (Å²) < 4.78 is 47.1. The number of pyridine rings is 1. The lowest BCUT2D eigenvalue weighted by molar-refractivity contribution is 0.0925. The van der Waals surface area contributed by atoms with E-state index >= 15 is 0 Å². The number of morpholine rings is 1. The van der Waals surface area contributed by atoms with Gasteiger partial charge >= 0.3 is 0 Å². The molecule has 228 valence electrons. The third kappa shape index (κ3) is 7.45. The van der Waals surface area contributed by atoms with Crippen LogP contribution in [0.1, 0.15) is 57.7 Å². The molecule has 0 unspecified atom stereocenters. The van der Waals surface area contributed by atoms with E-state index < -0.39 is 14.8 Å². The fourth-order valence-corrected chi connectivity index (χ4v) is 7.22. The molecule has 1 aromatic heterocycles.